The predicted molar refractivity (Wildman–Crippen MR) is 98.1 cm³/mol. The number of anilines is 1. The molecule has 1 aromatic heterocycles. The Bertz CT molecular complexity index is 807. The summed E-state index contributed by atoms with van der Waals surface area (Å²) in [5.74, 6) is 0.861. The van der Waals surface area contributed by atoms with Gasteiger partial charge in [-0.1, -0.05) is 18.2 Å². The van der Waals surface area contributed by atoms with Crippen molar-refractivity contribution in [2.45, 2.75) is 12.1 Å². The van der Waals surface area contributed by atoms with E-state index >= 15 is 0 Å². The van der Waals surface area contributed by atoms with Crippen LogP contribution in [0.25, 0.3) is 10.9 Å². The number of rotatable bonds is 2. The van der Waals surface area contributed by atoms with Crippen LogP contribution in [-0.2, 0) is 4.74 Å². The zero-order chi connectivity index (χ0) is 17.6. The predicted octanol–water partition coefficient (Wildman–Crippen LogP) is 1.46. The third-order valence-electron chi connectivity index (χ3n) is 5.26. The number of amides is 1. The summed E-state index contributed by atoms with van der Waals surface area (Å²) in [5.41, 5.74) is 1.57. The highest BCUT2D eigenvalue weighted by molar-refractivity contribution is 6.07. The fourth-order valence-corrected chi connectivity index (χ4v) is 3.76. The largest absolute Gasteiger partial charge is 0.373 e. The van der Waals surface area contributed by atoms with Crippen molar-refractivity contribution in [1.29, 1.82) is 0 Å². The summed E-state index contributed by atoms with van der Waals surface area (Å²) in [6.07, 6.45) is 0.115. The molecule has 0 saturated carbocycles. The van der Waals surface area contributed by atoms with E-state index in [2.05, 4.69) is 16.9 Å². The summed E-state index contributed by atoms with van der Waals surface area (Å²) in [7, 11) is 6.00. The number of para-hydroxylation sites is 1. The molecule has 0 bridgehead atoms. The van der Waals surface area contributed by atoms with E-state index < -0.39 is 0 Å². The van der Waals surface area contributed by atoms with E-state index in [0.29, 0.717) is 19.1 Å². The monoisotopic (exact) mass is 340 g/mol. The summed E-state index contributed by atoms with van der Waals surface area (Å²) in [6.45, 7) is 3.03. The van der Waals surface area contributed by atoms with E-state index in [0.717, 1.165) is 35.4 Å². The second-order valence-electron chi connectivity index (χ2n) is 7.11. The van der Waals surface area contributed by atoms with E-state index in [9.17, 15) is 4.79 Å². The van der Waals surface area contributed by atoms with Crippen LogP contribution in [0, 0.1) is 0 Å². The lowest BCUT2D eigenvalue weighted by atomic mass is 10.1. The van der Waals surface area contributed by atoms with Gasteiger partial charge in [-0.15, -0.1) is 0 Å². The molecule has 132 valence electrons. The Morgan fingerprint density at radius 1 is 1.28 bits per heavy atom. The topological polar surface area (TPSA) is 48.9 Å². The molecule has 4 rings (SSSR count). The molecule has 2 aromatic rings. The number of hydrogen-bond acceptors (Lipinski definition) is 5. The van der Waals surface area contributed by atoms with Gasteiger partial charge in [-0.2, -0.15) is 0 Å². The van der Waals surface area contributed by atoms with E-state index in [1.54, 1.807) is 0 Å². The molecule has 3 heterocycles. The minimum absolute atomic E-state index is 0.0631. The van der Waals surface area contributed by atoms with Crippen molar-refractivity contribution in [1.82, 2.24) is 14.8 Å². The smallest absolute Gasteiger partial charge is 0.254 e. The zero-order valence-electron chi connectivity index (χ0n) is 15.0. The molecule has 2 saturated heterocycles. The van der Waals surface area contributed by atoms with Gasteiger partial charge in [0.25, 0.3) is 5.91 Å². The van der Waals surface area contributed by atoms with Crippen molar-refractivity contribution in [3.05, 3.63) is 35.9 Å². The Balaban J connectivity index is 1.70. The highest BCUT2D eigenvalue weighted by Gasteiger charge is 2.40. The number of fused-ring (bicyclic) bond motifs is 2. The van der Waals surface area contributed by atoms with Gasteiger partial charge in [-0.25, -0.2) is 4.98 Å². The Hall–Kier alpha value is -2.18. The molecule has 2 fully saturated rings. The first-order valence-electron chi connectivity index (χ1n) is 8.73. The molecular weight excluding hydrogens is 316 g/mol. The first kappa shape index (κ1) is 16.3. The number of likely N-dealkylation sites (tertiary alicyclic amines) is 1. The number of nitrogens with zero attached hydrogens (tertiary/aromatic N) is 4. The second kappa shape index (κ2) is 6.28. The van der Waals surface area contributed by atoms with Crippen molar-refractivity contribution >= 4 is 22.6 Å². The van der Waals surface area contributed by atoms with Crippen LogP contribution in [0.5, 0.6) is 0 Å². The molecule has 1 amide bonds. The van der Waals surface area contributed by atoms with Crippen molar-refractivity contribution < 1.29 is 9.53 Å². The van der Waals surface area contributed by atoms with Crippen molar-refractivity contribution in [3.8, 4) is 0 Å². The third kappa shape index (κ3) is 2.85. The van der Waals surface area contributed by atoms with Crippen LogP contribution in [0.1, 0.15) is 10.4 Å². The SMILES string of the molecule is CN(C)c1cc(C(=O)N2C[C@@H]3OCCN(C)[C@@H]3C2)c2ccccc2n1. The van der Waals surface area contributed by atoms with Crippen LogP contribution in [-0.4, -0.2) is 80.2 Å². The van der Waals surface area contributed by atoms with Crippen molar-refractivity contribution in [2.75, 3.05) is 52.3 Å². The van der Waals surface area contributed by atoms with Crippen LogP contribution in [0.2, 0.25) is 0 Å². The van der Waals surface area contributed by atoms with Gasteiger partial charge in [0.15, 0.2) is 0 Å². The van der Waals surface area contributed by atoms with Gasteiger partial charge < -0.3 is 14.5 Å². The third-order valence-corrected chi connectivity index (χ3v) is 5.26. The van der Waals surface area contributed by atoms with Gasteiger partial charge >= 0.3 is 0 Å². The minimum atomic E-state index is 0.0631. The standard InChI is InChI=1S/C19H24N4O2/c1-21(2)18-10-14(13-6-4-5-7-15(13)20-18)19(24)23-11-16-17(12-23)25-9-8-22(16)3/h4-7,10,16-17H,8-9,11-12H2,1-3H3/t16-,17+/m1/s1. The summed E-state index contributed by atoms with van der Waals surface area (Å²) < 4.78 is 5.88. The lowest BCUT2D eigenvalue weighted by Gasteiger charge is -2.33. The van der Waals surface area contributed by atoms with E-state index in [1.165, 1.54) is 0 Å². The molecule has 0 unspecified atom stereocenters. The van der Waals surface area contributed by atoms with E-state index in [-0.39, 0.29) is 12.0 Å². The van der Waals surface area contributed by atoms with Crippen molar-refractivity contribution in [3.63, 3.8) is 0 Å². The molecule has 25 heavy (non-hydrogen) atoms. The van der Waals surface area contributed by atoms with Gasteiger partial charge in [0.1, 0.15) is 5.82 Å². The number of hydrogen-bond donors (Lipinski definition) is 0. The molecule has 0 aliphatic carbocycles. The lowest BCUT2D eigenvalue weighted by molar-refractivity contribution is -0.0368. The van der Waals surface area contributed by atoms with E-state index in [4.69, 9.17) is 4.74 Å². The Kier molecular flexibility index (Phi) is 4.09. The zero-order valence-corrected chi connectivity index (χ0v) is 15.0. The van der Waals surface area contributed by atoms with Gasteiger partial charge in [0.05, 0.1) is 29.8 Å². The molecular formula is C19H24N4O2. The summed E-state index contributed by atoms with van der Waals surface area (Å²) in [6, 6.07) is 10.0. The summed E-state index contributed by atoms with van der Waals surface area (Å²) in [4.78, 5) is 24.1. The molecule has 0 N–H and O–H groups in total. The number of carbonyl (C=O) groups is 1. The molecule has 1 aromatic carbocycles. The van der Waals surface area contributed by atoms with Gasteiger partial charge in [0, 0.05) is 39.1 Å². The van der Waals surface area contributed by atoms with Crippen LogP contribution in [0.4, 0.5) is 5.82 Å². The molecule has 6 heteroatoms. The molecule has 2 atom stereocenters. The second-order valence-corrected chi connectivity index (χ2v) is 7.11. The molecule has 2 aliphatic rings. The fraction of sp³-hybridized carbons (Fsp3) is 0.474. The molecule has 0 spiro atoms. The number of ether oxygens (including phenoxy) is 1. The number of carbonyl (C=O) groups excluding carboxylic acids is 1. The molecule has 0 radical (unpaired) electrons. The fourth-order valence-electron chi connectivity index (χ4n) is 3.76. The summed E-state index contributed by atoms with van der Waals surface area (Å²) >= 11 is 0. The van der Waals surface area contributed by atoms with Crippen LogP contribution in [0.3, 0.4) is 0 Å². The maximum absolute atomic E-state index is 13.3. The number of morpholine rings is 1. The van der Waals surface area contributed by atoms with E-state index in [1.807, 2.05) is 54.2 Å². The minimum Gasteiger partial charge on any atom is -0.373 e. The molecule has 2 aliphatic heterocycles. The van der Waals surface area contributed by atoms with Gasteiger partial charge in [-0.05, 0) is 19.2 Å². The van der Waals surface area contributed by atoms with Crippen LogP contribution in [0.15, 0.2) is 30.3 Å². The Morgan fingerprint density at radius 2 is 2.08 bits per heavy atom. The average molecular weight is 340 g/mol. The maximum atomic E-state index is 13.3. The van der Waals surface area contributed by atoms with Gasteiger partial charge in [0.2, 0.25) is 0 Å². The van der Waals surface area contributed by atoms with Crippen molar-refractivity contribution in [2.24, 2.45) is 0 Å². The quantitative estimate of drug-likeness (QED) is 0.828. The maximum Gasteiger partial charge on any atom is 0.254 e. The number of pyridine rings is 1. The average Bonchev–Trinajstić information content (AvgIpc) is 3.06. The van der Waals surface area contributed by atoms with Gasteiger partial charge in [-0.3, -0.25) is 9.69 Å². The Morgan fingerprint density at radius 3 is 2.84 bits per heavy atom. The highest BCUT2D eigenvalue weighted by Crippen LogP contribution is 2.27. The summed E-state index contributed by atoms with van der Waals surface area (Å²) in [5, 5.41) is 0.905. The first-order chi connectivity index (χ1) is 12.0. The normalized spacial score (nSPS) is 23.7. The number of benzene rings is 1. The Labute approximate surface area is 148 Å². The lowest BCUT2D eigenvalue weighted by Crippen LogP contribution is -2.48. The molecule has 6 nitrogen and oxygen atoms in total. The van der Waals surface area contributed by atoms with Crippen LogP contribution >= 0.6 is 0 Å². The number of aromatic nitrogens is 1. The highest BCUT2D eigenvalue weighted by atomic mass is 16.5. The van der Waals surface area contributed by atoms with Crippen LogP contribution < -0.4 is 4.90 Å². The number of likely N-dealkylation sites (N-methyl/N-ethyl adjacent to an activating group) is 1. The first-order valence-corrected chi connectivity index (χ1v) is 8.73.